The highest BCUT2D eigenvalue weighted by Gasteiger charge is 2.30. The topological polar surface area (TPSA) is 38.3 Å². The van der Waals surface area contributed by atoms with E-state index in [0.717, 1.165) is 38.8 Å². The van der Waals surface area contributed by atoms with Crippen LogP contribution in [0.15, 0.2) is 0 Å². The van der Waals surface area contributed by atoms with Crippen molar-refractivity contribution < 1.29 is 9.53 Å². The van der Waals surface area contributed by atoms with E-state index in [2.05, 4.69) is 19.2 Å². The van der Waals surface area contributed by atoms with Gasteiger partial charge >= 0.3 is 0 Å². The zero-order valence-electron chi connectivity index (χ0n) is 11.5. The number of nitrogens with one attached hydrogen (secondary N) is 1. The Labute approximate surface area is 105 Å². The lowest BCUT2D eigenvalue weighted by atomic mass is 9.80. The van der Waals surface area contributed by atoms with Crippen LogP contribution in [0.25, 0.3) is 0 Å². The van der Waals surface area contributed by atoms with Gasteiger partial charge in [-0.3, -0.25) is 4.79 Å². The van der Waals surface area contributed by atoms with Crippen molar-refractivity contribution in [3.8, 4) is 0 Å². The monoisotopic (exact) mass is 241 g/mol. The average molecular weight is 241 g/mol. The first kappa shape index (κ1) is 14.5. The van der Waals surface area contributed by atoms with Crippen LogP contribution in [0, 0.1) is 11.8 Å². The molecule has 0 bridgehead atoms. The summed E-state index contributed by atoms with van der Waals surface area (Å²) in [6, 6.07) is 0. The normalized spacial score (nSPS) is 23.5. The molecule has 1 aliphatic carbocycles. The third-order valence-electron chi connectivity index (χ3n) is 3.81. The molecule has 1 fully saturated rings. The molecular formula is C14H27NO2. The van der Waals surface area contributed by atoms with Gasteiger partial charge in [0.1, 0.15) is 0 Å². The molecule has 0 aromatic carbocycles. The smallest absolute Gasteiger partial charge is 0.220 e. The third-order valence-corrected chi connectivity index (χ3v) is 3.81. The van der Waals surface area contributed by atoms with Crippen molar-refractivity contribution in [1.82, 2.24) is 5.32 Å². The molecule has 3 nitrogen and oxygen atoms in total. The fourth-order valence-corrected chi connectivity index (χ4v) is 2.38. The standard InChI is InChI=1S/C14H27NO2/c1-4-11(5-2)10-15-14(16)9-12-7-13(8-12)17-6-3/h11-13H,4-10H2,1-3H3,(H,15,16). The van der Waals surface area contributed by atoms with Gasteiger partial charge < -0.3 is 10.1 Å². The number of carbonyl (C=O) groups excluding carboxylic acids is 1. The number of hydrogen-bond donors (Lipinski definition) is 1. The summed E-state index contributed by atoms with van der Waals surface area (Å²) >= 11 is 0. The van der Waals surface area contributed by atoms with Crippen LogP contribution in [-0.2, 0) is 9.53 Å². The summed E-state index contributed by atoms with van der Waals surface area (Å²) in [4.78, 5) is 11.7. The van der Waals surface area contributed by atoms with Gasteiger partial charge in [-0.15, -0.1) is 0 Å². The Bertz CT molecular complexity index is 220. The molecule has 1 aliphatic rings. The second kappa shape index (κ2) is 7.70. The van der Waals surface area contributed by atoms with Crippen molar-refractivity contribution in [2.24, 2.45) is 11.8 Å². The minimum absolute atomic E-state index is 0.219. The predicted molar refractivity (Wildman–Crippen MR) is 69.8 cm³/mol. The molecule has 1 amide bonds. The van der Waals surface area contributed by atoms with Crippen molar-refractivity contribution in [2.75, 3.05) is 13.2 Å². The lowest BCUT2D eigenvalue weighted by Crippen LogP contribution is -2.37. The van der Waals surface area contributed by atoms with Crippen molar-refractivity contribution >= 4 is 5.91 Å². The minimum atomic E-state index is 0.219. The number of rotatable bonds is 8. The molecule has 3 heteroatoms. The summed E-state index contributed by atoms with van der Waals surface area (Å²) in [5, 5.41) is 3.05. The first-order chi connectivity index (χ1) is 8.19. The molecule has 0 atom stereocenters. The molecule has 0 radical (unpaired) electrons. The Morgan fingerprint density at radius 1 is 1.29 bits per heavy atom. The summed E-state index contributed by atoms with van der Waals surface area (Å²) in [5.74, 6) is 1.40. The third kappa shape index (κ3) is 5.07. The van der Waals surface area contributed by atoms with Crippen molar-refractivity contribution in [1.29, 1.82) is 0 Å². The van der Waals surface area contributed by atoms with E-state index in [0.29, 0.717) is 24.4 Å². The molecule has 0 saturated heterocycles. The zero-order chi connectivity index (χ0) is 12.7. The molecule has 0 aromatic rings. The zero-order valence-corrected chi connectivity index (χ0v) is 11.5. The van der Waals surface area contributed by atoms with Crippen LogP contribution < -0.4 is 5.32 Å². The minimum Gasteiger partial charge on any atom is -0.378 e. The fourth-order valence-electron chi connectivity index (χ4n) is 2.38. The highest BCUT2D eigenvalue weighted by Crippen LogP contribution is 2.32. The molecule has 1 saturated carbocycles. The SMILES string of the molecule is CCOC1CC(CC(=O)NCC(CC)CC)C1. The van der Waals surface area contributed by atoms with Crippen LogP contribution in [0.5, 0.6) is 0 Å². The van der Waals surface area contributed by atoms with E-state index in [1.165, 1.54) is 0 Å². The van der Waals surface area contributed by atoms with Crippen molar-refractivity contribution in [3.63, 3.8) is 0 Å². The molecule has 100 valence electrons. The number of hydrogen-bond acceptors (Lipinski definition) is 2. The fraction of sp³-hybridized carbons (Fsp3) is 0.929. The van der Waals surface area contributed by atoms with Crippen LogP contribution in [0.2, 0.25) is 0 Å². The Morgan fingerprint density at radius 3 is 2.47 bits per heavy atom. The molecule has 1 N–H and O–H groups in total. The molecule has 0 unspecified atom stereocenters. The number of carbonyl (C=O) groups is 1. The van der Waals surface area contributed by atoms with Crippen LogP contribution in [-0.4, -0.2) is 25.2 Å². The molecule has 0 aliphatic heterocycles. The van der Waals surface area contributed by atoms with E-state index >= 15 is 0 Å². The molecular weight excluding hydrogens is 214 g/mol. The Hall–Kier alpha value is -0.570. The van der Waals surface area contributed by atoms with Gasteiger partial charge in [0, 0.05) is 19.6 Å². The van der Waals surface area contributed by atoms with E-state index in [-0.39, 0.29) is 5.91 Å². The highest BCUT2D eigenvalue weighted by atomic mass is 16.5. The molecule has 0 aromatic heterocycles. The highest BCUT2D eigenvalue weighted by molar-refractivity contribution is 5.76. The second-order valence-electron chi connectivity index (χ2n) is 5.11. The average Bonchev–Trinajstić information content (AvgIpc) is 2.27. The Balaban J connectivity index is 2.06. The van der Waals surface area contributed by atoms with Gasteiger partial charge in [-0.05, 0) is 31.6 Å². The van der Waals surface area contributed by atoms with E-state index in [4.69, 9.17) is 4.74 Å². The molecule has 17 heavy (non-hydrogen) atoms. The van der Waals surface area contributed by atoms with Crippen molar-refractivity contribution in [2.45, 2.75) is 59.0 Å². The number of ether oxygens (including phenoxy) is 1. The lowest BCUT2D eigenvalue weighted by Gasteiger charge is -2.34. The van der Waals surface area contributed by atoms with Crippen LogP contribution in [0.1, 0.15) is 52.9 Å². The molecule has 0 spiro atoms. The summed E-state index contributed by atoms with van der Waals surface area (Å²) < 4.78 is 5.49. The maximum atomic E-state index is 11.7. The predicted octanol–water partition coefficient (Wildman–Crippen LogP) is 2.74. The van der Waals surface area contributed by atoms with E-state index < -0.39 is 0 Å². The maximum Gasteiger partial charge on any atom is 0.220 e. The summed E-state index contributed by atoms with van der Waals surface area (Å²) in [5.41, 5.74) is 0. The van der Waals surface area contributed by atoms with Crippen LogP contribution >= 0.6 is 0 Å². The second-order valence-corrected chi connectivity index (χ2v) is 5.11. The summed E-state index contributed by atoms with van der Waals surface area (Å²) in [7, 11) is 0. The molecule has 0 heterocycles. The maximum absolute atomic E-state index is 11.7. The van der Waals surface area contributed by atoms with Gasteiger partial charge in [0.25, 0.3) is 0 Å². The summed E-state index contributed by atoms with van der Waals surface area (Å²) in [6.07, 6.45) is 5.51. The lowest BCUT2D eigenvalue weighted by molar-refractivity contribution is -0.124. The summed E-state index contributed by atoms with van der Waals surface area (Å²) in [6.45, 7) is 8.01. The van der Waals surface area contributed by atoms with Gasteiger partial charge in [0.15, 0.2) is 0 Å². The molecule has 1 rings (SSSR count). The van der Waals surface area contributed by atoms with Crippen LogP contribution in [0.4, 0.5) is 0 Å². The number of amides is 1. The van der Waals surface area contributed by atoms with E-state index in [1.54, 1.807) is 0 Å². The van der Waals surface area contributed by atoms with E-state index in [1.807, 2.05) is 6.92 Å². The van der Waals surface area contributed by atoms with Crippen LogP contribution in [0.3, 0.4) is 0 Å². The first-order valence-corrected chi connectivity index (χ1v) is 7.07. The van der Waals surface area contributed by atoms with Crippen molar-refractivity contribution in [3.05, 3.63) is 0 Å². The quantitative estimate of drug-likeness (QED) is 0.709. The van der Waals surface area contributed by atoms with Gasteiger partial charge in [0.05, 0.1) is 6.10 Å². The van der Waals surface area contributed by atoms with Gasteiger partial charge in [-0.2, -0.15) is 0 Å². The van der Waals surface area contributed by atoms with Gasteiger partial charge in [-0.1, -0.05) is 26.7 Å². The Morgan fingerprint density at radius 2 is 1.94 bits per heavy atom. The Kier molecular flexibility index (Phi) is 6.56. The van der Waals surface area contributed by atoms with E-state index in [9.17, 15) is 4.79 Å². The van der Waals surface area contributed by atoms with Gasteiger partial charge in [-0.25, -0.2) is 0 Å². The largest absolute Gasteiger partial charge is 0.378 e. The van der Waals surface area contributed by atoms with Gasteiger partial charge in [0.2, 0.25) is 5.91 Å². The first-order valence-electron chi connectivity index (χ1n) is 7.07.